The summed E-state index contributed by atoms with van der Waals surface area (Å²) in [5.74, 6) is 0.422. The monoisotopic (exact) mass is 393 g/mol. The second kappa shape index (κ2) is 8.85. The van der Waals surface area contributed by atoms with Crippen LogP contribution in [0, 0.1) is 5.92 Å². The number of benzene rings is 1. The summed E-state index contributed by atoms with van der Waals surface area (Å²) < 4.78 is 0. The molecule has 1 atom stereocenters. The standard InChI is InChI=1S/C15H16ClN3OS.2ClH/c16-12-3-1-11(2-4-12)14-18-13(9-21-14)15(20)19-6-5-10(7-17)8-19;;/h1-4,9-10H,5-8,17H2;2*1H. The van der Waals surface area contributed by atoms with Crippen LogP contribution in [0.2, 0.25) is 5.02 Å². The Balaban J connectivity index is 0.00000132. The van der Waals surface area contributed by atoms with Gasteiger partial charge in [0.05, 0.1) is 0 Å². The van der Waals surface area contributed by atoms with E-state index >= 15 is 0 Å². The first kappa shape index (κ1) is 20.2. The largest absolute Gasteiger partial charge is 0.337 e. The van der Waals surface area contributed by atoms with Crippen LogP contribution in [0.15, 0.2) is 29.6 Å². The van der Waals surface area contributed by atoms with Gasteiger partial charge < -0.3 is 10.6 Å². The summed E-state index contributed by atoms with van der Waals surface area (Å²) in [6, 6.07) is 7.48. The third-order valence-corrected chi connectivity index (χ3v) is 4.86. The van der Waals surface area contributed by atoms with E-state index in [9.17, 15) is 4.79 Å². The molecule has 1 aliphatic heterocycles. The maximum absolute atomic E-state index is 12.4. The Kier molecular flexibility index (Phi) is 7.77. The molecule has 2 aromatic rings. The summed E-state index contributed by atoms with van der Waals surface area (Å²) in [6.07, 6.45) is 0.983. The van der Waals surface area contributed by atoms with E-state index in [-0.39, 0.29) is 30.7 Å². The lowest BCUT2D eigenvalue weighted by molar-refractivity contribution is 0.0783. The van der Waals surface area contributed by atoms with Crippen molar-refractivity contribution >= 4 is 53.7 Å². The average molecular weight is 395 g/mol. The number of nitrogens with two attached hydrogens (primary N) is 1. The van der Waals surface area contributed by atoms with Gasteiger partial charge in [-0.05, 0) is 31.0 Å². The molecule has 2 N–H and O–H groups in total. The lowest BCUT2D eigenvalue weighted by atomic mass is 10.1. The third-order valence-electron chi connectivity index (χ3n) is 3.72. The highest BCUT2D eigenvalue weighted by Gasteiger charge is 2.27. The molecule has 23 heavy (non-hydrogen) atoms. The van der Waals surface area contributed by atoms with E-state index in [2.05, 4.69) is 4.98 Å². The van der Waals surface area contributed by atoms with Crippen LogP contribution in [0.1, 0.15) is 16.9 Å². The molecule has 0 saturated carbocycles. The van der Waals surface area contributed by atoms with Crippen molar-refractivity contribution in [3.05, 3.63) is 40.4 Å². The molecule has 1 aliphatic rings. The molecule has 2 heterocycles. The molecule has 1 aromatic heterocycles. The zero-order valence-corrected chi connectivity index (χ0v) is 15.5. The van der Waals surface area contributed by atoms with E-state index in [4.69, 9.17) is 17.3 Å². The fraction of sp³-hybridized carbons (Fsp3) is 0.333. The number of carbonyl (C=O) groups excluding carboxylic acids is 1. The quantitative estimate of drug-likeness (QED) is 0.863. The molecule has 1 unspecified atom stereocenters. The van der Waals surface area contributed by atoms with Gasteiger partial charge >= 0.3 is 0 Å². The molecular formula is C15H18Cl3N3OS. The van der Waals surface area contributed by atoms with E-state index in [0.29, 0.717) is 23.2 Å². The Morgan fingerprint density at radius 3 is 2.65 bits per heavy atom. The highest BCUT2D eigenvalue weighted by molar-refractivity contribution is 7.13. The van der Waals surface area contributed by atoms with Gasteiger partial charge in [0.15, 0.2) is 0 Å². The van der Waals surface area contributed by atoms with Gasteiger partial charge in [0.25, 0.3) is 5.91 Å². The summed E-state index contributed by atoms with van der Waals surface area (Å²) in [4.78, 5) is 18.7. The molecule has 4 nitrogen and oxygen atoms in total. The van der Waals surface area contributed by atoms with E-state index in [1.807, 2.05) is 34.5 Å². The Labute approximate surface area is 156 Å². The maximum atomic E-state index is 12.4. The van der Waals surface area contributed by atoms with Crippen molar-refractivity contribution in [2.75, 3.05) is 19.6 Å². The molecule has 1 amide bonds. The molecule has 1 saturated heterocycles. The number of halogens is 3. The number of rotatable bonds is 3. The van der Waals surface area contributed by atoms with Crippen molar-refractivity contribution in [1.82, 2.24) is 9.88 Å². The molecule has 126 valence electrons. The normalized spacial score (nSPS) is 16.6. The summed E-state index contributed by atoms with van der Waals surface area (Å²) in [5, 5.41) is 3.35. The fourth-order valence-electron chi connectivity index (χ4n) is 2.47. The number of amides is 1. The van der Waals surface area contributed by atoms with Crippen LogP contribution in [0.4, 0.5) is 0 Å². The third kappa shape index (κ3) is 4.58. The Morgan fingerprint density at radius 1 is 1.35 bits per heavy atom. The molecular weight excluding hydrogens is 377 g/mol. The number of hydrogen-bond acceptors (Lipinski definition) is 4. The number of aromatic nitrogens is 1. The topological polar surface area (TPSA) is 59.2 Å². The zero-order valence-electron chi connectivity index (χ0n) is 12.3. The lowest BCUT2D eigenvalue weighted by Crippen LogP contribution is -2.30. The Morgan fingerprint density at radius 2 is 2.04 bits per heavy atom. The first-order chi connectivity index (χ1) is 10.2. The summed E-state index contributed by atoms with van der Waals surface area (Å²) in [5.41, 5.74) is 7.16. The van der Waals surface area contributed by atoms with Gasteiger partial charge in [-0.2, -0.15) is 0 Å². The van der Waals surface area contributed by atoms with Crippen LogP contribution in [0.3, 0.4) is 0 Å². The Hall–Kier alpha value is -0.850. The molecule has 1 fully saturated rings. The van der Waals surface area contributed by atoms with E-state index < -0.39 is 0 Å². The number of likely N-dealkylation sites (tertiary alicyclic amines) is 1. The molecule has 8 heteroatoms. The first-order valence-corrected chi connectivity index (χ1v) is 8.14. The van der Waals surface area contributed by atoms with Gasteiger partial charge in [-0.25, -0.2) is 4.98 Å². The minimum absolute atomic E-state index is 0. The van der Waals surface area contributed by atoms with Crippen molar-refractivity contribution < 1.29 is 4.79 Å². The predicted molar refractivity (Wildman–Crippen MR) is 100 cm³/mol. The summed E-state index contributed by atoms with van der Waals surface area (Å²) in [6.45, 7) is 2.15. The molecule has 0 aliphatic carbocycles. The zero-order chi connectivity index (χ0) is 14.8. The van der Waals surface area contributed by atoms with Gasteiger partial charge in [0.2, 0.25) is 0 Å². The summed E-state index contributed by atoms with van der Waals surface area (Å²) in [7, 11) is 0. The van der Waals surface area contributed by atoms with Crippen LogP contribution in [-0.4, -0.2) is 35.4 Å². The van der Waals surface area contributed by atoms with Crippen LogP contribution in [-0.2, 0) is 0 Å². The van der Waals surface area contributed by atoms with Crippen molar-refractivity contribution in [2.24, 2.45) is 11.7 Å². The SMILES string of the molecule is Cl.Cl.NCC1CCN(C(=O)c2csc(-c3ccc(Cl)cc3)n2)C1. The molecule has 1 aromatic carbocycles. The smallest absolute Gasteiger partial charge is 0.273 e. The second-order valence-electron chi connectivity index (χ2n) is 5.19. The van der Waals surface area contributed by atoms with Gasteiger partial charge in [0, 0.05) is 29.1 Å². The number of carbonyl (C=O) groups is 1. The van der Waals surface area contributed by atoms with Crippen LogP contribution < -0.4 is 5.73 Å². The second-order valence-corrected chi connectivity index (χ2v) is 6.48. The van der Waals surface area contributed by atoms with Crippen molar-refractivity contribution in [2.45, 2.75) is 6.42 Å². The molecule has 0 spiro atoms. The van der Waals surface area contributed by atoms with E-state index in [1.165, 1.54) is 11.3 Å². The lowest BCUT2D eigenvalue weighted by Gasteiger charge is -2.14. The minimum Gasteiger partial charge on any atom is -0.337 e. The van der Waals surface area contributed by atoms with Crippen molar-refractivity contribution in [3.8, 4) is 10.6 Å². The summed E-state index contributed by atoms with van der Waals surface area (Å²) >= 11 is 7.36. The molecule has 0 bridgehead atoms. The number of hydrogen-bond donors (Lipinski definition) is 1. The van der Waals surface area contributed by atoms with Gasteiger partial charge in [-0.15, -0.1) is 36.2 Å². The van der Waals surface area contributed by atoms with Crippen molar-refractivity contribution in [1.29, 1.82) is 0 Å². The highest BCUT2D eigenvalue weighted by Crippen LogP contribution is 2.26. The van der Waals surface area contributed by atoms with Gasteiger partial charge in [0.1, 0.15) is 10.7 Å². The molecule has 3 rings (SSSR count). The maximum Gasteiger partial charge on any atom is 0.273 e. The van der Waals surface area contributed by atoms with Gasteiger partial charge in [-0.1, -0.05) is 23.7 Å². The van der Waals surface area contributed by atoms with Crippen LogP contribution in [0.5, 0.6) is 0 Å². The predicted octanol–water partition coefficient (Wildman–Crippen LogP) is 3.73. The van der Waals surface area contributed by atoms with Gasteiger partial charge in [-0.3, -0.25) is 4.79 Å². The van der Waals surface area contributed by atoms with Crippen LogP contribution in [0.25, 0.3) is 10.6 Å². The van der Waals surface area contributed by atoms with E-state index in [0.717, 1.165) is 30.1 Å². The Bertz CT molecular complexity index is 648. The van der Waals surface area contributed by atoms with Crippen molar-refractivity contribution in [3.63, 3.8) is 0 Å². The number of thiazole rings is 1. The number of nitrogens with zero attached hydrogens (tertiary/aromatic N) is 2. The average Bonchev–Trinajstić information content (AvgIpc) is 3.16. The minimum atomic E-state index is 0. The fourth-order valence-corrected chi connectivity index (χ4v) is 3.39. The highest BCUT2D eigenvalue weighted by atomic mass is 35.5. The van der Waals surface area contributed by atoms with E-state index in [1.54, 1.807) is 0 Å². The first-order valence-electron chi connectivity index (χ1n) is 6.88. The molecule has 0 radical (unpaired) electrons. The van der Waals surface area contributed by atoms with Crippen LogP contribution >= 0.6 is 47.8 Å².